The summed E-state index contributed by atoms with van der Waals surface area (Å²) < 4.78 is 5.32. The van der Waals surface area contributed by atoms with E-state index in [1.54, 1.807) is 7.11 Å². The third kappa shape index (κ3) is 3.39. The summed E-state index contributed by atoms with van der Waals surface area (Å²) in [5, 5.41) is 0. The van der Waals surface area contributed by atoms with Crippen LogP contribution in [-0.4, -0.2) is 49.0 Å². The second-order valence-corrected chi connectivity index (χ2v) is 8.51. The van der Waals surface area contributed by atoms with Crippen LogP contribution in [-0.2, 0) is 0 Å². The van der Waals surface area contributed by atoms with Gasteiger partial charge in [-0.2, -0.15) is 0 Å². The molecule has 0 amide bonds. The van der Waals surface area contributed by atoms with Crippen LogP contribution in [0, 0.1) is 0 Å². The zero-order chi connectivity index (χ0) is 23.1. The van der Waals surface area contributed by atoms with Gasteiger partial charge in [0.1, 0.15) is 5.75 Å². The number of methoxy groups -OCH3 is 1. The van der Waals surface area contributed by atoms with Gasteiger partial charge in [-0.3, -0.25) is 4.79 Å². The van der Waals surface area contributed by atoms with E-state index in [2.05, 4.69) is 34.1 Å². The summed E-state index contributed by atoms with van der Waals surface area (Å²) in [4.78, 5) is 27.9. The van der Waals surface area contributed by atoms with Gasteiger partial charge >= 0.3 is 0 Å². The molecule has 6 nitrogen and oxygen atoms in total. The Morgan fingerprint density at radius 3 is 2.03 bits per heavy atom. The molecule has 1 aliphatic carbocycles. The number of aromatic nitrogens is 2. The van der Waals surface area contributed by atoms with Crippen molar-refractivity contribution in [1.29, 1.82) is 0 Å². The van der Waals surface area contributed by atoms with Gasteiger partial charge in [-0.15, -0.1) is 0 Å². The molecule has 1 fully saturated rings. The topological polar surface area (TPSA) is 58.6 Å². The first kappa shape index (κ1) is 20.4. The SMILES string of the molecule is COc1ccc(-c2nc(N3CCN(c4ccccc4)CC3)nc3c2C(=O)c2ccccc2-3)cc1. The molecular formula is C28H24N4O2. The van der Waals surface area contributed by atoms with Gasteiger partial charge in [-0.05, 0) is 36.4 Å². The lowest BCUT2D eigenvalue weighted by atomic mass is 10.0. The monoisotopic (exact) mass is 448 g/mol. The fraction of sp³-hybridized carbons (Fsp3) is 0.179. The maximum atomic E-state index is 13.4. The first-order chi connectivity index (χ1) is 16.7. The number of carbonyl (C=O) groups is 1. The molecule has 0 radical (unpaired) electrons. The minimum Gasteiger partial charge on any atom is -0.497 e. The van der Waals surface area contributed by atoms with Gasteiger partial charge in [0.2, 0.25) is 5.95 Å². The summed E-state index contributed by atoms with van der Waals surface area (Å²) >= 11 is 0. The van der Waals surface area contributed by atoms with Gasteiger partial charge in [-0.1, -0.05) is 42.5 Å². The molecule has 6 heteroatoms. The van der Waals surface area contributed by atoms with Crippen LogP contribution in [0.3, 0.4) is 0 Å². The highest BCUT2D eigenvalue weighted by molar-refractivity contribution is 6.23. The number of hydrogen-bond acceptors (Lipinski definition) is 6. The number of para-hydroxylation sites is 1. The second-order valence-electron chi connectivity index (χ2n) is 8.51. The minimum absolute atomic E-state index is 0.0168. The summed E-state index contributed by atoms with van der Waals surface area (Å²) in [6, 6.07) is 25.9. The summed E-state index contributed by atoms with van der Waals surface area (Å²) in [6.45, 7) is 3.40. The Labute approximate surface area is 198 Å². The van der Waals surface area contributed by atoms with Gasteiger partial charge in [0.05, 0.1) is 24.1 Å². The zero-order valence-electron chi connectivity index (χ0n) is 18.9. The molecule has 6 rings (SSSR count). The summed E-state index contributed by atoms with van der Waals surface area (Å²) in [5.74, 6) is 1.42. The third-order valence-electron chi connectivity index (χ3n) is 6.60. The molecule has 168 valence electrons. The van der Waals surface area contributed by atoms with Crippen molar-refractivity contribution in [2.75, 3.05) is 43.1 Å². The molecule has 1 aromatic heterocycles. The van der Waals surface area contributed by atoms with E-state index in [0.717, 1.165) is 48.7 Å². The first-order valence-electron chi connectivity index (χ1n) is 11.5. The fourth-order valence-electron chi connectivity index (χ4n) is 4.78. The van der Waals surface area contributed by atoms with Crippen LogP contribution in [0.4, 0.5) is 11.6 Å². The molecule has 1 aliphatic heterocycles. The number of benzene rings is 3. The van der Waals surface area contributed by atoms with Crippen molar-refractivity contribution in [2.45, 2.75) is 0 Å². The zero-order valence-corrected chi connectivity index (χ0v) is 18.9. The molecule has 0 spiro atoms. The van der Waals surface area contributed by atoms with Crippen molar-refractivity contribution >= 4 is 17.4 Å². The summed E-state index contributed by atoms with van der Waals surface area (Å²) in [5.41, 5.74) is 5.66. The van der Waals surface area contributed by atoms with Gasteiger partial charge in [0, 0.05) is 48.6 Å². The van der Waals surface area contributed by atoms with Gasteiger partial charge in [0.25, 0.3) is 0 Å². The highest BCUT2D eigenvalue weighted by atomic mass is 16.5. The molecule has 0 saturated carbocycles. The Kier molecular flexibility index (Phi) is 4.99. The average molecular weight is 449 g/mol. The van der Waals surface area contributed by atoms with Crippen molar-refractivity contribution < 1.29 is 9.53 Å². The number of anilines is 2. The second kappa shape index (κ2) is 8.30. The fourth-order valence-corrected chi connectivity index (χ4v) is 4.78. The van der Waals surface area contributed by atoms with E-state index >= 15 is 0 Å². The molecule has 3 aromatic carbocycles. The number of carbonyl (C=O) groups excluding carboxylic acids is 1. The molecule has 0 unspecified atom stereocenters. The molecule has 2 aliphatic rings. The minimum atomic E-state index is -0.0168. The van der Waals surface area contributed by atoms with E-state index in [0.29, 0.717) is 22.8 Å². The number of hydrogen-bond donors (Lipinski definition) is 0. The Hall–Kier alpha value is -4.19. The van der Waals surface area contributed by atoms with E-state index in [1.807, 2.05) is 54.6 Å². The highest BCUT2D eigenvalue weighted by Gasteiger charge is 2.33. The smallest absolute Gasteiger partial charge is 0.226 e. The molecule has 0 bridgehead atoms. The van der Waals surface area contributed by atoms with Crippen LogP contribution in [0.25, 0.3) is 22.5 Å². The van der Waals surface area contributed by atoms with Crippen LogP contribution in [0.1, 0.15) is 15.9 Å². The van der Waals surface area contributed by atoms with Crippen molar-refractivity contribution in [3.63, 3.8) is 0 Å². The van der Waals surface area contributed by atoms with E-state index < -0.39 is 0 Å². The first-order valence-corrected chi connectivity index (χ1v) is 11.5. The van der Waals surface area contributed by atoms with Crippen molar-refractivity contribution in [2.24, 2.45) is 0 Å². The highest BCUT2D eigenvalue weighted by Crippen LogP contribution is 2.41. The van der Waals surface area contributed by atoms with E-state index in [9.17, 15) is 4.79 Å². The summed E-state index contributed by atoms with van der Waals surface area (Å²) in [7, 11) is 1.64. The van der Waals surface area contributed by atoms with Gasteiger partial charge in [-0.25, -0.2) is 9.97 Å². The summed E-state index contributed by atoms with van der Waals surface area (Å²) in [6.07, 6.45) is 0. The standard InChI is InChI=1S/C28H24N4O2/c1-34-21-13-11-19(12-14-21)25-24-26(22-9-5-6-10-23(22)27(24)33)30-28(29-25)32-17-15-31(16-18-32)20-7-3-2-4-8-20/h2-14H,15-18H2,1H3. The normalized spacial score (nSPS) is 14.7. The molecule has 0 atom stereocenters. The Morgan fingerprint density at radius 1 is 0.706 bits per heavy atom. The molecule has 2 heterocycles. The number of rotatable bonds is 4. The lowest BCUT2D eigenvalue weighted by Crippen LogP contribution is -2.47. The number of fused-ring (bicyclic) bond motifs is 3. The van der Waals surface area contributed by atoms with E-state index in [1.165, 1.54) is 5.69 Å². The van der Waals surface area contributed by atoms with Crippen LogP contribution >= 0.6 is 0 Å². The van der Waals surface area contributed by atoms with Crippen molar-refractivity contribution in [1.82, 2.24) is 9.97 Å². The Morgan fingerprint density at radius 2 is 1.32 bits per heavy atom. The van der Waals surface area contributed by atoms with Gasteiger partial charge in [0.15, 0.2) is 5.78 Å². The molecular weight excluding hydrogens is 424 g/mol. The van der Waals surface area contributed by atoms with E-state index in [4.69, 9.17) is 14.7 Å². The third-order valence-corrected chi connectivity index (χ3v) is 6.60. The number of piperazine rings is 1. The quantitative estimate of drug-likeness (QED) is 0.398. The Balaban J connectivity index is 1.40. The van der Waals surface area contributed by atoms with Crippen LogP contribution in [0.5, 0.6) is 5.75 Å². The maximum Gasteiger partial charge on any atom is 0.226 e. The maximum absolute atomic E-state index is 13.4. The largest absolute Gasteiger partial charge is 0.497 e. The lowest BCUT2D eigenvalue weighted by molar-refractivity contribution is 0.104. The van der Waals surface area contributed by atoms with Crippen molar-refractivity contribution in [3.05, 3.63) is 90.0 Å². The average Bonchev–Trinajstić information content (AvgIpc) is 3.21. The van der Waals surface area contributed by atoms with Crippen LogP contribution in [0.15, 0.2) is 78.9 Å². The lowest BCUT2D eigenvalue weighted by Gasteiger charge is -2.36. The number of nitrogens with zero attached hydrogens (tertiary/aromatic N) is 4. The van der Waals surface area contributed by atoms with Crippen LogP contribution < -0.4 is 14.5 Å². The van der Waals surface area contributed by atoms with E-state index in [-0.39, 0.29) is 5.78 Å². The number of ether oxygens (including phenoxy) is 1. The molecule has 0 N–H and O–H groups in total. The van der Waals surface area contributed by atoms with Crippen molar-refractivity contribution in [3.8, 4) is 28.3 Å². The molecule has 34 heavy (non-hydrogen) atoms. The van der Waals surface area contributed by atoms with Crippen LogP contribution in [0.2, 0.25) is 0 Å². The molecule has 1 saturated heterocycles. The number of ketones is 1. The predicted molar refractivity (Wildman–Crippen MR) is 134 cm³/mol. The Bertz CT molecular complexity index is 1360. The predicted octanol–water partition coefficient (Wildman–Crippen LogP) is 4.69. The van der Waals surface area contributed by atoms with Gasteiger partial charge < -0.3 is 14.5 Å². The molecule has 4 aromatic rings.